The van der Waals surface area contributed by atoms with E-state index < -0.39 is 11.8 Å². The van der Waals surface area contributed by atoms with E-state index in [2.05, 4.69) is 22.9 Å². The predicted octanol–water partition coefficient (Wildman–Crippen LogP) is 3.56. The van der Waals surface area contributed by atoms with Crippen molar-refractivity contribution in [3.63, 3.8) is 0 Å². The number of hydrogen-bond donors (Lipinski definition) is 3. The van der Waals surface area contributed by atoms with E-state index >= 15 is 0 Å². The molecule has 1 saturated carbocycles. The van der Waals surface area contributed by atoms with Gasteiger partial charge in [0.15, 0.2) is 0 Å². The lowest BCUT2D eigenvalue weighted by molar-refractivity contribution is -0.137. The van der Waals surface area contributed by atoms with Crippen LogP contribution in [0.25, 0.3) is 0 Å². The summed E-state index contributed by atoms with van der Waals surface area (Å²) >= 11 is 0. The van der Waals surface area contributed by atoms with Gasteiger partial charge < -0.3 is 16.0 Å². The van der Waals surface area contributed by atoms with Gasteiger partial charge in [0.1, 0.15) is 0 Å². The molecule has 0 unspecified atom stereocenters. The van der Waals surface area contributed by atoms with Crippen LogP contribution in [0.2, 0.25) is 0 Å². The second-order valence-corrected chi connectivity index (χ2v) is 7.95. The summed E-state index contributed by atoms with van der Waals surface area (Å²) in [5.41, 5.74) is 2.75. The van der Waals surface area contributed by atoms with Crippen molar-refractivity contribution in [2.24, 2.45) is 5.92 Å². The Balaban J connectivity index is 1.62. The summed E-state index contributed by atoms with van der Waals surface area (Å²) in [6.07, 6.45) is 4.15. The summed E-state index contributed by atoms with van der Waals surface area (Å²) in [5, 5.41) is 8.31. The molecule has 0 heterocycles. The third-order valence-corrected chi connectivity index (χ3v) is 5.75. The van der Waals surface area contributed by atoms with Crippen LogP contribution in [0.5, 0.6) is 0 Å². The minimum absolute atomic E-state index is 0.0182. The second kappa shape index (κ2) is 10.1. The lowest BCUT2D eigenvalue weighted by atomic mass is 9.86. The minimum atomic E-state index is -0.757. The van der Waals surface area contributed by atoms with Crippen molar-refractivity contribution in [3.05, 3.63) is 65.2 Å². The summed E-state index contributed by atoms with van der Waals surface area (Å²) in [7, 11) is 0. The van der Waals surface area contributed by atoms with E-state index in [1.165, 1.54) is 0 Å². The largest absolute Gasteiger partial charge is 0.348 e. The smallest absolute Gasteiger partial charge is 0.313 e. The van der Waals surface area contributed by atoms with Crippen LogP contribution < -0.4 is 16.0 Å². The molecule has 30 heavy (non-hydrogen) atoms. The van der Waals surface area contributed by atoms with Gasteiger partial charge in [0, 0.05) is 12.6 Å². The van der Waals surface area contributed by atoms with Gasteiger partial charge in [0.25, 0.3) is 5.91 Å². The number of aryl methyl sites for hydroxylation is 1. The molecule has 3 amide bonds. The number of nitrogens with one attached hydrogen (secondary N) is 3. The van der Waals surface area contributed by atoms with Gasteiger partial charge >= 0.3 is 11.8 Å². The average molecular weight is 408 g/mol. The SMILES string of the molecule is Cc1ccccc1CNC(=O)c1ccccc1NC(=O)C(=O)N[C@H]1CCCC[C@H]1C. The molecule has 3 N–H and O–H groups in total. The quantitative estimate of drug-likeness (QED) is 0.663. The zero-order valence-electron chi connectivity index (χ0n) is 17.5. The minimum Gasteiger partial charge on any atom is -0.348 e. The van der Waals surface area contributed by atoms with E-state index in [1.54, 1.807) is 24.3 Å². The Morgan fingerprint density at radius 3 is 2.40 bits per heavy atom. The molecule has 2 atom stereocenters. The third-order valence-electron chi connectivity index (χ3n) is 5.75. The lowest BCUT2D eigenvalue weighted by Gasteiger charge is -2.29. The molecule has 2 aromatic rings. The normalized spacial score (nSPS) is 18.3. The highest BCUT2D eigenvalue weighted by Crippen LogP contribution is 2.23. The first-order chi connectivity index (χ1) is 14.5. The Kier molecular flexibility index (Phi) is 7.22. The molecule has 0 bridgehead atoms. The number of rotatable bonds is 5. The number of carbonyl (C=O) groups is 3. The molecule has 158 valence electrons. The highest BCUT2D eigenvalue weighted by Gasteiger charge is 2.26. The molecule has 0 radical (unpaired) electrons. The maximum Gasteiger partial charge on any atom is 0.313 e. The number of anilines is 1. The standard InChI is InChI=1S/C24H29N3O3/c1-16-9-3-5-11-18(16)15-25-22(28)19-12-6-8-14-21(19)27-24(30)23(29)26-20-13-7-4-10-17(20)2/h3,5-6,8-9,11-12,14,17,20H,4,7,10,13,15H2,1-2H3,(H,25,28)(H,26,29)(H,27,30)/t17-,20+/m1/s1. The van der Waals surface area contributed by atoms with Gasteiger partial charge in [-0.1, -0.05) is 56.2 Å². The van der Waals surface area contributed by atoms with Gasteiger partial charge in [-0.3, -0.25) is 14.4 Å². The maximum atomic E-state index is 12.7. The van der Waals surface area contributed by atoms with Crippen LogP contribution in [-0.4, -0.2) is 23.8 Å². The maximum absolute atomic E-state index is 12.7. The monoisotopic (exact) mass is 407 g/mol. The van der Waals surface area contributed by atoms with Crippen molar-refractivity contribution in [1.82, 2.24) is 10.6 Å². The number of amides is 3. The van der Waals surface area contributed by atoms with Crippen molar-refractivity contribution in [3.8, 4) is 0 Å². The van der Waals surface area contributed by atoms with Crippen LogP contribution in [0, 0.1) is 12.8 Å². The fourth-order valence-corrected chi connectivity index (χ4v) is 3.81. The van der Waals surface area contributed by atoms with Gasteiger partial charge in [-0.2, -0.15) is 0 Å². The molecule has 0 aliphatic heterocycles. The highest BCUT2D eigenvalue weighted by atomic mass is 16.2. The molecule has 6 heteroatoms. The van der Waals surface area contributed by atoms with Gasteiger partial charge in [0.2, 0.25) is 0 Å². The van der Waals surface area contributed by atoms with E-state index in [4.69, 9.17) is 0 Å². The first kappa shape index (κ1) is 21.6. The summed E-state index contributed by atoms with van der Waals surface area (Å²) < 4.78 is 0. The van der Waals surface area contributed by atoms with E-state index in [0.717, 1.165) is 36.8 Å². The van der Waals surface area contributed by atoms with Gasteiger partial charge in [-0.25, -0.2) is 0 Å². The third kappa shape index (κ3) is 5.47. The van der Waals surface area contributed by atoms with E-state index in [1.807, 2.05) is 31.2 Å². The second-order valence-electron chi connectivity index (χ2n) is 7.95. The summed E-state index contributed by atoms with van der Waals surface area (Å²) in [6, 6.07) is 14.5. The van der Waals surface area contributed by atoms with E-state index in [0.29, 0.717) is 23.7 Å². The average Bonchev–Trinajstić information content (AvgIpc) is 2.75. The van der Waals surface area contributed by atoms with Crippen LogP contribution in [0.1, 0.15) is 54.1 Å². The van der Waals surface area contributed by atoms with Crippen molar-refractivity contribution in [1.29, 1.82) is 0 Å². The summed E-state index contributed by atoms with van der Waals surface area (Å²) in [4.78, 5) is 37.5. The van der Waals surface area contributed by atoms with Crippen LogP contribution in [0.3, 0.4) is 0 Å². The molecule has 0 spiro atoms. The Morgan fingerprint density at radius 2 is 1.63 bits per heavy atom. The number of benzene rings is 2. The Morgan fingerprint density at radius 1 is 0.933 bits per heavy atom. The van der Waals surface area contributed by atoms with Crippen molar-refractivity contribution in [2.45, 2.75) is 52.1 Å². The number of hydrogen-bond acceptors (Lipinski definition) is 3. The van der Waals surface area contributed by atoms with Gasteiger partial charge in [0.05, 0.1) is 11.3 Å². The Labute approximate surface area is 177 Å². The first-order valence-corrected chi connectivity index (χ1v) is 10.5. The van der Waals surface area contributed by atoms with Crippen LogP contribution >= 0.6 is 0 Å². The molecule has 6 nitrogen and oxygen atoms in total. The summed E-state index contributed by atoms with van der Waals surface area (Å²) in [6.45, 7) is 4.46. The number of carbonyl (C=O) groups excluding carboxylic acids is 3. The van der Waals surface area contributed by atoms with Crippen molar-refractivity contribution in [2.75, 3.05) is 5.32 Å². The first-order valence-electron chi connectivity index (χ1n) is 10.5. The summed E-state index contributed by atoms with van der Waals surface area (Å²) in [5.74, 6) is -1.37. The zero-order chi connectivity index (χ0) is 21.5. The fraction of sp³-hybridized carbons (Fsp3) is 0.375. The predicted molar refractivity (Wildman–Crippen MR) is 117 cm³/mol. The van der Waals surface area contributed by atoms with E-state index in [-0.39, 0.29) is 11.9 Å². The topological polar surface area (TPSA) is 87.3 Å². The number of para-hydroxylation sites is 1. The molecule has 0 saturated heterocycles. The van der Waals surface area contributed by atoms with Gasteiger partial charge in [-0.05, 0) is 48.9 Å². The molecule has 1 aliphatic rings. The fourth-order valence-electron chi connectivity index (χ4n) is 3.81. The molecular formula is C24H29N3O3. The van der Waals surface area contributed by atoms with Crippen molar-refractivity contribution < 1.29 is 14.4 Å². The van der Waals surface area contributed by atoms with Crippen LogP contribution in [0.15, 0.2) is 48.5 Å². The molecule has 1 aliphatic carbocycles. The molecule has 3 rings (SSSR count). The molecule has 1 fully saturated rings. The van der Waals surface area contributed by atoms with Crippen molar-refractivity contribution >= 4 is 23.4 Å². The lowest BCUT2D eigenvalue weighted by Crippen LogP contribution is -2.46. The highest BCUT2D eigenvalue weighted by molar-refractivity contribution is 6.40. The molecular weight excluding hydrogens is 378 g/mol. The Hall–Kier alpha value is -3.15. The molecule has 2 aromatic carbocycles. The Bertz CT molecular complexity index is 925. The zero-order valence-corrected chi connectivity index (χ0v) is 17.5. The van der Waals surface area contributed by atoms with Crippen LogP contribution in [0.4, 0.5) is 5.69 Å². The van der Waals surface area contributed by atoms with E-state index in [9.17, 15) is 14.4 Å². The van der Waals surface area contributed by atoms with Crippen LogP contribution in [-0.2, 0) is 16.1 Å². The van der Waals surface area contributed by atoms with Gasteiger partial charge in [-0.15, -0.1) is 0 Å². The molecule has 0 aromatic heterocycles.